The van der Waals surface area contributed by atoms with E-state index in [1.54, 1.807) is 44.3 Å². The maximum Gasteiger partial charge on any atom is 0.240 e. The molecule has 3 aromatic rings. The van der Waals surface area contributed by atoms with E-state index in [-0.39, 0.29) is 10.9 Å². The molecular formula is C19H24N6O2S2. The van der Waals surface area contributed by atoms with Gasteiger partial charge in [-0.25, -0.2) is 28.1 Å². The van der Waals surface area contributed by atoms with Gasteiger partial charge in [0.05, 0.1) is 21.2 Å². The number of anilines is 3. The smallest absolute Gasteiger partial charge is 0.240 e. The summed E-state index contributed by atoms with van der Waals surface area (Å²) in [4.78, 5) is 14.5. The van der Waals surface area contributed by atoms with Gasteiger partial charge >= 0.3 is 0 Å². The van der Waals surface area contributed by atoms with E-state index in [9.17, 15) is 8.42 Å². The Balaban J connectivity index is 1.85. The average molecular weight is 433 g/mol. The second-order valence-corrected chi connectivity index (χ2v) is 9.37. The third kappa shape index (κ3) is 5.28. The molecule has 8 nitrogen and oxygen atoms in total. The molecule has 0 unspecified atom stereocenters. The number of aromatic nitrogens is 3. The summed E-state index contributed by atoms with van der Waals surface area (Å²) in [5.74, 6) is 0.381. The molecule has 0 amide bonds. The van der Waals surface area contributed by atoms with Gasteiger partial charge in [-0.05, 0) is 52.0 Å². The van der Waals surface area contributed by atoms with Crippen LogP contribution in [0.2, 0.25) is 0 Å². The van der Waals surface area contributed by atoms with Crippen LogP contribution < -0.4 is 15.4 Å². The highest BCUT2D eigenvalue weighted by atomic mass is 32.2. The van der Waals surface area contributed by atoms with Crippen molar-refractivity contribution in [3.63, 3.8) is 0 Å². The minimum atomic E-state index is -3.58. The lowest BCUT2D eigenvalue weighted by atomic mass is 10.3. The van der Waals surface area contributed by atoms with Crippen LogP contribution in [-0.4, -0.2) is 36.0 Å². The Morgan fingerprint density at radius 1 is 1.17 bits per heavy atom. The van der Waals surface area contributed by atoms with Gasteiger partial charge in [-0.15, -0.1) is 0 Å². The molecular weight excluding hydrogens is 408 g/mol. The second kappa shape index (κ2) is 8.85. The number of nitrogens with one attached hydrogen (secondary N) is 3. The van der Waals surface area contributed by atoms with Gasteiger partial charge < -0.3 is 10.6 Å². The first-order chi connectivity index (χ1) is 13.8. The third-order valence-electron chi connectivity index (χ3n) is 3.80. The molecule has 0 spiro atoms. The van der Waals surface area contributed by atoms with Crippen LogP contribution in [0.4, 0.5) is 16.8 Å². The molecule has 0 aliphatic rings. The van der Waals surface area contributed by atoms with E-state index in [2.05, 4.69) is 30.3 Å². The highest BCUT2D eigenvalue weighted by Gasteiger charge is 2.16. The van der Waals surface area contributed by atoms with Gasteiger partial charge in [-0.1, -0.05) is 17.4 Å². The minimum absolute atomic E-state index is 0.181. The predicted octanol–water partition coefficient (Wildman–Crippen LogP) is 3.77. The monoisotopic (exact) mass is 432 g/mol. The van der Waals surface area contributed by atoms with E-state index in [4.69, 9.17) is 0 Å². The van der Waals surface area contributed by atoms with Gasteiger partial charge in [0.1, 0.15) is 0 Å². The van der Waals surface area contributed by atoms with Crippen LogP contribution >= 0.6 is 11.3 Å². The number of rotatable bonds is 8. The number of sulfonamides is 1. The van der Waals surface area contributed by atoms with Crippen LogP contribution in [0.15, 0.2) is 41.4 Å². The normalized spacial score (nSPS) is 11.6. The van der Waals surface area contributed by atoms with Crippen molar-refractivity contribution in [2.24, 2.45) is 0 Å². The predicted molar refractivity (Wildman–Crippen MR) is 117 cm³/mol. The maximum absolute atomic E-state index is 12.4. The van der Waals surface area contributed by atoms with Crippen LogP contribution in [0, 0.1) is 6.92 Å². The zero-order chi connectivity index (χ0) is 21.0. The van der Waals surface area contributed by atoms with Crippen molar-refractivity contribution in [2.75, 3.05) is 17.2 Å². The number of nitrogens with zero attached hydrogens (tertiary/aromatic N) is 3. The van der Waals surface area contributed by atoms with Crippen LogP contribution in [0.25, 0.3) is 10.6 Å². The highest BCUT2D eigenvalue weighted by molar-refractivity contribution is 7.89. The van der Waals surface area contributed by atoms with Gasteiger partial charge in [0.25, 0.3) is 0 Å². The van der Waals surface area contributed by atoms with Crippen molar-refractivity contribution < 1.29 is 8.42 Å². The third-order valence-corrected chi connectivity index (χ3v) is 6.60. The van der Waals surface area contributed by atoms with E-state index in [0.29, 0.717) is 11.6 Å². The molecule has 2 aromatic heterocycles. The largest absolute Gasteiger partial charge is 0.362 e. The molecule has 0 aliphatic heterocycles. The van der Waals surface area contributed by atoms with Crippen molar-refractivity contribution >= 4 is 38.1 Å². The van der Waals surface area contributed by atoms with Crippen LogP contribution in [0.5, 0.6) is 0 Å². The summed E-state index contributed by atoms with van der Waals surface area (Å²) in [6, 6.07) is 8.20. The molecule has 10 heteroatoms. The highest BCUT2D eigenvalue weighted by Crippen LogP contribution is 2.32. The first kappa shape index (κ1) is 21.2. The Bertz CT molecular complexity index is 1100. The van der Waals surface area contributed by atoms with E-state index in [1.807, 2.05) is 19.9 Å². The van der Waals surface area contributed by atoms with Gasteiger partial charge in [0, 0.05) is 24.5 Å². The molecule has 3 N–H and O–H groups in total. The van der Waals surface area contributed by atoms with Crippen molar-refractivity contribution in [3.8, 4) is 10.6 Å². The van der Waals surface area contributed by atoms with Crippen LogP contribution in [0.1, 0.15) is 26.5 Å². The average Bonchev–Trinajstić information content (AvgIpc) is 3.02. The fraction of sp³-hybridized carbons (Fsp3) is 0.316. The fourth-order valence-electron chi connectivity index (χ4n) is 2.65. The molecule has 0 saturated heterocycles. The van der Waals surface area contributed by atoms with E-state index in [1.165, 1.54) is 11.3 Å². The molecule has 154 valence electrons. The molecule has 0 radical (unpaired) electrons. The van der Waals surface area contributed by atoms with Crippen molar-refractivity contribution in [2.45, 2.75) is 38.6 Å². The van der Waals surface area contributed by atoms with E-state index in [0.717, 1.165) is 27.9 Å². The topological polar surface area (TPSA) is 109 Å². The quantitative estimate of drug-likeness (QED) is 0.497. The zero-order valence-corrected chi connectivity index (χ0v) is 18.4. The van der Waals surface area contributed by atoms with E-state index >= 15 is 0 Å². The summed E-state index contributed by atoms with van der Waals surface area (Å²) >= 11 is 1.54. The lowest BCUT2D eigenvalue weighted by Crippen LogP contribution is -2.30. The van der Waals surface area contributed by atoms with Crippen LogP contribution in [0.3, 0.4) is 0 Å². The van der Waals surface area contributed by atoms with Gasteiger partial charge in [0.15, 0.2) is 5.13 Å². The minimum Gasteiger partial charge on any atom is -0.362 e. The zero-order valence-electron chi connectivity index (χ0n) is 16.7. The summed E-state index contributed by atoms with van der Waals surface area (Å²) in [7, 11) is -3.58. The Kier molecular flexibility index (Phi) is 6.46. The van der Waals surface area contributed by atoms with E-state index < -0.39 is 10.0 Å². The Labute approximate surface area is 174 Å². The number of hydrogen-bond donors (Lipinski definition) is 3. The fourth-order valence-corrected chi connectivity index (χ4v) is 4.96. The lowest BCUT2D eigenvalue weighted by molar-refractivity contribution is 0.570. The number of aryl methyl sites for hydroxylation is 1. The maximum atomic E-state index is 12.4. The lowest BCUT2D eigenvalue weighted by Gasteiger charge is -2.11. The molecule has 0 fully saturated rings. The molecule has 29 heavy (non-hydrogen) atoms. The van der Waals surface area contributed by atoms with Crippen LogP contribution in [-0.2, 0) is 10.0 Å². The molecule has 3 rings (SSSR count). The molecule has 0 atom stereocenters. The van der Waals surface area contributed by atoms with Gasteiger partial charge in [0.2, 0.25) is 16.0 Å². The molecule has 0 saturated carbocycles. The summed E-state index contributed by atoms with van der Waals surface area (Å²) in [6.45, 7) is 8.32. The molecule has 2 heterocycles. The van der Waals surface area contributed by atoms with Crippen molar-refractivity contribution in [1.29, 1.82) is 0 Å². The molecule has 0 bridgehead atoms. The van der Waals surface area contributed by atoms with Gasteiger partial charge in [-0.2, -0.15) is 0 Å². The summed E-state index contributed by atoms with van der Waals surface area (Å²) in [6.07, 6.45) is 1.66. The second-order valence-electron chi connectivity index (χ2n) is 6.66. The standard InChI is InChI=1S/C19H24N6O2S2/c1-5-20-19-22-13(4)17(28-19)16-9-10-21-18(24-16)23-14-7-6-8-15(11-14)29(26,27)25-12(2)3/h6-12,25H,5H2,1-4H3,(H,20,22)(H,21,23,24). The molecule has 0 aliphatic carbocycles. The van der Waals surface area contributed by atoms with Crippen molar-refractivity contribution in [3.05, 3.63) is 42.2 Å². The number of benzene rings is 1. The van der Waals surface area contributed by atoms with Crippen molar-refractivity contribution in [1.82, 2.24) is 19.7 Å². The number of hydrogen-bond acceptors (Lipinski definition) is 8. The summed E-state index contributed by atoms with van der Waals surface area (Å²) < 4.78 is 27.4. The SMILES string of the molecule is CCNc1nc(C)c(-c2ccnc(Nc3cccc(S(=O)(=O)NC(C)C)c3)n2)s1. The Hall–Kier alpha value is -2.56. The van der Waals surface area contributed by atoms with Gasteiger partial charge in [-0.3, -0.25) is 0 Å². The summed E-state index contributed by atoms with van der Waals surface area (Å²) in [5, 5.41) is 7.15. The molecule has 1 aromatic carbocycles. The Morgan fingerprint density at radius 3 is 2.69 bits per heavy atom. The summed E-state index contributed by atoms with van der Waals surface area (Å²) in [5.41, 5.74) is 2.23. The first-order valence-corrected chi connectivity index (χ1v) is 11.5. The Morgan fingerprint density at radius 2 is 1.97 bits per heavy atom. The first-order valence-electron chi connectivity index (χ1n) is 9.22. The number of thiazole rings is 1.